The van der Waals surface area contributed by atoms with Gasteiger partial charge in [0.1, 0.15) is 5.69 Å². The summed E-state index contributed by atoms with van der Waals surface area (Å²) in [5, 5.41) is 29.9. The average Bonchev–Trinajstić information content (AvgIpc) is 3.71. The van der Waals surface area contributed by atoms with E-state index in [4.69, 9.17) is 0 Å². The molecule has 13 heteroatoms. The van der Waals surface area contributed by atoms with Gasteiger partial charge in [0.15, 0.2) is 0 Å². The molecule has 0 bridgehead atoms. The lowest BCUT2D eigenvalue weighted by atomic mass is 9.99. The number of rotatable bonds is 14. The fourth-order valence-corrected chi connectivity index (χ4v) is 5.76. The molecule has 1 amide bonds. The number of benzene rings is 3. The summed E-state index contributed by atoms with van der Waals surface area (Å²) in [5.41, 5.74) is 3.18. The van der Waals surface area contributed by atoms with Crippen molar-refractivity contribution in [2.75, 3.05) is 11.3 Å². The Morgan fingerprint density at radius 2 is 1.78 bits per heavy atom. The van der Waals surface area contributed by atoms with Gasteiger partial charge in [0.2, 0.25) is 0 Å². The molecule has 0 radical (unpaired) electrons. The number of amides is 1. The number of nitrogens with one attached hydrogen (secondary N) is 3. The van der Waals surface area contributed by atoms with Gasteiger partial charge in [-0.3, -0.25) is 9.52 Å². The first-order chi connectivity index (χ1) is 22.0. The van der Waals surface area contributed by atoms with Crippen LogP contribution in [0.15, 0.2) is 107 Å². The van der Waals surface area contributed by atoms with Gasteiger partial charge < -0.3 is 29.9 Å². The quantitative estimate of drug-likeness (QED) is 0.117. The summed E-state index contributed by atoms with van der Waals surface area (Å²) in [6.45, 7) is 5.19. The topological polar surface area (TPSA) is 172 Å². The monoisotopic (exact) mass is 644 g/mol. The Bertz CT molecular complexity index is 1870. The van der Waals surface area contributed by atoms with Crippen molar-refractivity contribution < 1.29 is 27.9 Å². The molecular formula is C33H36N6O6S. The molecule has 0 saturated heterocycles. The van der Waals surface area contributed by atoms with Gasteiger partial charge in [-0.2, -0.15) is 0 Å². The van der Waals surface area contributed by atoms with E-state index in [1.807, 2.05) is 22.9 Å². The highest BCUT2D eigenvalue weighted by Gasteiger charge is 2.20. The maximum absolute atomic E-state index is 12.7. The SMILES string of the molecule is CC(C)(CCn1cnc(-c2ccc(C(=O)NCc3cc(O)on3)cc2)c1)NC[C@H](O)c1cccc(NS(=O)(=O)c2ccccc2)c1. The molecular weight excluding hydrogens is 608 g/mol. The van der Waals surface area contributed by atoms with Gasteiger partial charge in [0.05, 0.1) is 29.6 Å². The number of aromatic hydroxyl groups is 1. The van der Waals surface area contributed by atoms with Gasteiger partial charge >= 0.3 is 5.95 Å². The minimum Gasteiger partial charge on any atom is -0.479 e. The molecule has 0 fully saturated rings. The number of hydrogen-bond donors (Lipinski definition) is 5. The molecule has 0 unspecified atom stereocenters. The number of aromatic nitrogens is 3. The van der Waals surface area contributed by atoms with Crippen molar-refractivity contribution in [3.8, 4) is 17.2 Å². The Labute approximate surface area is 267 Å². The predicted octanol–water partition coefficient (Wildman–Crippen LogP) is 4.47. The van der Waals surface area contributed by atoms with Crippen molar-refractivity contribution in [3.63, 3.8) is 0 Å². The van der Waals surface area contributed by atoms with Crippen molar-refractivity contribution >= 4 is 21.6 Å². The fraction of sp³-hybridized carbons (Fsp3) is 0.242. The number of anilines is 1. The molecule has 0 aliphatic carbocycles. The zero-order valence-corrected chi connectivity index (χ0v) is 26.2. The fourth-order valence-electron chi connectivity index (χ4n) is 4.69. The Morgan fingerprint density at radius 3 is 2.50 bits per heavy atom. The molecule has 5 N–H and O–H groups in total. The summed E-state index contributed by atoms with van der Waals surface area (Å²) in [4.78, 5) is 17.1. The van der Waals surface area contributed by atoms with Crippen molar-refractivity contribution in [2.24, 2.45) is 0 Å². The Balaban J connectivity index is 1.10. The molecule has 1 atom stereocenters. The molecule has 3 aromatic carbocycles. The smallest absolute Gasteiger partial charge is 0.309 e. The van der Waals surface area contributed by atoms with Crippen molar-refractivity contribution in [3.05, 3.63) is 114 Å². The summed E-state index contributed by atoms with van der Waals surface area (Å²) >= 11 is 0. The maximum Gasteiger partial charge on any atom is 0.309 e. The Hall–Kier alpha value is -4.98. The van der Waals surface area contributed by atoms with E-state index in [1.54, 1.807) is 60.9 Å². The van der Waals surface area contributed by atoms with Crippen molar-refractivity contribution in [2.45, 2.75) is 49.9 Å². The minimum atomic E-state index is -3.74. The summed E-state index contributed by atoms with van der Waals surface area (Å²) in [6.07, 6.45) is 3.60. The normalized spacial score (nSPS) is 12.5. The second-order valence-electron chi connectivity index (χ2n) is 11.5. The van der Waals surface area contributed by atoms with E-state index >= 15 is 0 Å². The lowest BCUT2D eigenvalue weighted by molar-refractivity contribution is 0.0950. The molecule has 0 saturated carbocycles. The number of carbonyl (C=O) groups is 1. The molecule has 0 spiro atoms. The Kier molecular flexibility index (Phi) is 9.85. The zero-order chi connectivity index (χ0) is 32.7. The van der Waals surface area contributed by atoms with Gasteiger partial charge in [-0.15, -0.1) is 0 Å². The van der Waals surface area contributed by atoms with E-state index in [0.717, 1.165) is 17.7 Å². The average molecular weight is 645 g/mol. The van der Waals surface area contributed by atoms with Crippen LogP contribution in [0.2, 0.25) is 0 Å². The van der Waals surface area contributed by atoms with Gasteiger partial charge in [0, 0.05) is 47.7 Å². The van der Waals surface area contributed by atoms with Gasteiger partial charge in [-0.1, -0.05) is 47.6 Å². The summed E-state index contributed by atoms with van der Waals surface area (Å²) in [7, 11) is -3.74. The second-order valence-corrected chi connectivity index (χ2v) is 13.2. The van der Waals surface area contributed by atoms with Crippen LogP contribution in [-0.2, 0) is 23.1 Å². The van der Waals surface area contributed by atoms with Crippen LogP contribution in [0.4, 0.5) is 5.69 Å². The first-order valence-corrected chi connectivity index (χ1v) is 16.1. The number of aliphatic hydroxyl groups excluding tert-OH is 1. The maximum atomic E-state index is 12.7. The zero-order valence-electron chi connectivity index (χ0n) is 25.4. The number of sulfonamides is 1. The number of β-amino-alcohol motifs (C(OH)–C–C–N with tert-alkyl or cyclic N) is 1. The van der Waals surface area contributed by atoms with Crippen molar-refractivity contribution in [1.29, 1.82) is 0 Å². The molecule has 5 rings (SSSR count). The van der Waals surface area contributed by atoms with E-state index in [1.165, 1.54) is 18.2 Å². The highest BCUT2D eigenvalue weighted by molar-refractivity contribution is 7.92. The summed E-state index contributed by atoms with van der Waals surface area (Å²) in [5.74, 6) is -0.584. The highest BCUT2D eigenvalue weighted by Crippen LogP contribution is 2.23. The summed E-state index contributed by atoms with van der Waals surface area (Å²) in [6, 6.07) is 23.3. The van der Waals surface area contributed by atoms with Gasteiger partial charge in [-0.05, 0) is 62.2 Å². The van der Waals surface area contributed by atoms with Crippen LogP contribution in [0.1, 0.15) is 48.0 Å². The molecule has 240 valence electrons. The van der Waals surface area contributed by atoms with Crippen LogP contribution in [0.3, 0.4) is 0 Å². The predicted molar refractivity (Wildman–Crippen MR) is 172 cm³/mol. The molecule has 2 heterocycles. The van der Waals surface area contributed by atoms with Crippen LogP contribution in [-0.4, -0.2) is 51.3 Å². The first kappa shape index (κ1) is 32.4. The van der Waals surface area contributed by atoms with Crippen LogP contribution in [0.5, 0.6) is 5.95 Å². The number of aryl methyl sites for hydroxylation is 1. The highest BCUT2D eigenvalue weighted by atomic mass is 32.2. The lowest BCUT2D eigenvalue weighted by Gasteiger charge is -2.28. The van der Waals surface area contributed by atoms with E-state index in [9.17, 15) is 23.4 Å². The van der Waals surface area contributed by atoms with Gasteiger partial charge in [-0.25, -0.2) is 13.4 Å². The van der Waals surface area contributed by atoms with Crippen molar-refractivity contribution in [1.82, 2.24) is 25.3 Å². The largest absolute Gasteiger partial charge is 0.479 e. The third-order valence-corrected chi connectivity index (χ3v) is 8.80. The Morgan fingerprint density at radius 1 is 1.02 bits per heavy atom. The van der Waals surface area contributed by atoms with Crippen LogP contribution < -0.4 is 15.4 Å². The number of nitrogens with zero attached hydrogens (tertiary/aromatic N) is 3. The first-order valence-electron chi connectivity index (χ1n) is 14.6. The lowest BCUT2D eigenvalue weighted by Crippen LogP contribution is -2.42. The molecule has 2 aromatic heterocycles. The molecule has 5 aromatic rings. The van der Waals surface area contributed by atoms with E-state index in [2.05, 4.69) is 43.9 Å². The number of carbonyl (C=O) groups excluding carboxylic acids is 1. The standard InChI is InChI=1S/C33H36N6O6S/c1-33(2,36-20-30(40)25-7-6-8-26(17-25)38-46(43,44)28-9-4-3-5-10-28)15-16-39-21-29(35-22-39)23-11-13-24(14-12-23)32(42)34-19-27-18-31(41)45-37-27/h3-14,17-18,21-22,30,36,38,40-41H,15-16,19-20H2,1-2H3,(H,34,42)/t30-/m0/s1. The number of imidazole rings is 1. The third kappa shape index (κ3) is 8.59. The van der Waals surface area contributed by atoms with E-state index in [0.29, 0.717) is 29.1 Å². The molecule has 12 nitrogen and oxygen atoms in total. The molecule has 46 heavy (non-hydrogen) atoms. The second kappa shape index (κ2) is 14.0. The van der Waals surface area contributed by atoms with Crippen LogP contribution in [0.25, 0.3) is 11.3 Å². The minimum absolute atomic E-state index is 0.130. The summed E-state index contributed by atoms with van der Waals surface area (Å²) < 4.78 is 34.5. The number of aliphatic hydroxyl groups is 1. The van der Waals surface area contributed by atoms with Gasteiger partial charge in [0.25, 0.3) is 15.9 Å². The third-order valence-electron chi connectivity index (χ3n) is 7.40. The molecule has 0 aliphatic rings. The number of hydrogen-bond acceptors (Lipinski definition) is 9. The van der Waals surface area contributed by atoms with Crippen LogP contribution in [0, 0.1) is 0 Å². The van der Waals surface area contributed by atoms with E-state index < -0.39 is 16.1 Å². The van der Waals surface area contributed by atoms with Crippen LogP contribution >= 0.6 is 0 Å². The molecule has 0 aliphatic heterocycles. The van der Waals surface area contributed by atoms with E-state index in [-0.39, 0.29) is 35.4 Å².